The number of Topliss-reactive ketones (excluding diaryl/α,β-unsaturated/α-hetero) is 1. The Morgan fingerprint density at radius 3 is 2.60 bits per heavy atom. The van der Waals surface area contributed by atoms with Crippen LogP contribution in [-0.4, -0.2) is 59.0 Å². The first-order chi connectivity index (χ1) is 11.9. The molecule has 2 bridgehead atoms. The number of hydrogen-bond acceptors (Lipinski definition) is 4. The van der Waals surface area contributed by atoms with E-state index in [0.717, 1.165) is 38.0 Å². The number of aryl methyl sites for hydroxylation is 1. The van der Waals surface area contributed by atoms with E-state index in [2.05, 4.69) is 35.1 Å². The van der Waals surface area contributed by atoms with Gasteiger partial charge in [0, 0.05) is 30.7 Å². The molecule has 4 nitrogen and oxygen atoms in total. The molecule has 2 aliphatic heterocycles. The minimum absolute atomic E-state index is 0.0255. The average molecular weight is 359 g/mol. The summed E-state index contributed by atoms with van der Waals surface area (Å²) < 4.78 is 0. The Kier molecular flexibility index (Phi) is 5.77. The lowest BCUT2D eigenvalue weighted by Crippen LogP contribution is -2.47. The van der Waals surface area contributed by atoms with Crippen LogP contribution in [0.15, 0.2) is 36.4 Å². The fourth-order valence-corrected chi connectivity index (χ4v) is 4.26. The third-order valence-electron chi connectivity index (χ3n) is 5.29. The van der Waals surface area contributed by atoms with Crippen LogP contribution in [0.1, 0.15) is 35.7 Å². The fourth-order valence-electron chi connectivity index (χ4n) is 4.07. The molecule has 134 valence electrons. The Hall–Kier alpha value is -1.43. The maximum atomic E-state index is 12.0. The van der Waals surface area contributed by atoms with E-state index in [1.54, 1.807) is 6.92 Å². The first-order valence-electron chi connectivity index (χ1n) is 8.93. The third kappa shape index (κ3) is 4.40. The number of ketones is 1. The van der Waals surface area contributed by atoms with Gasteiger partial charge in [0.05, 0.1) is 6.54 Å². The maximum Gasteiger partial charge on any atom is 0.199 e. The molecule has 1 aromatic carbocycles. The second kappa shape index (κ2) is 7.85. The van der Waals surface area contributed by atoms with Gasteiger partial charge < -0.3 is 0 Å². The van der Waals surface area contributed by atoms with Crippen molar-refractivity contribution < 1.29 is 9.59 Å². The van der Waals surface area contributed by atoms with Crippen LogP contribution in [-0.2, 0) is 11.2 Å². The molecule has 5 heteroatoms. The summed E-state index contributed by atoms with van der Waals surface area (Å²) in [5, 5.41) is -0.0386. The molecule has 0 aromatic heterocycles. The van der Waals surface area contributed by atoms with E-state index < -0.39 is 0 Å². The largest absolute Gasteiger partial charge is 0.297 e. The second-order valence-corrected chi connectivity index (χ2v) is 7.77. The molecule has 1 aromatic rings. The number of piperazine rings is 1. The molecule has 0 radical (unpaired) electrons. The number of benzene rings is 1. The van der Waals surface area contributed by atoms with Gasteiger partial charge >= 0.3 is 0 Å². The Bertz CT molecular complexity index is 688. The lowest BCUT2D eigenvalue weighted by Gasteiger charge is -2.33. The number of fused-ring (bicyclic) bond motifs is 2. The first kappa shape index (κ1) is 18.4. The van der Waals surface area contributed by atoms with Gasteiger partial charge in [0.25, 0.3) is 0 Å². The number of likely N-dealkylation sites (tertiary alicyclic amines) is 2. The molecule has 3 rings (SSSR count). The summed E-state index contributed by atoms with van der Waals surface area (Å²) in [6, 6.07) is 8.98. The fraction of sp³-hybridized carbons (Fsp3) is 0.500. The summed E-state index contributed by atoms with van der Waals surface area (Å²) in [6.07, 6.45) is 3.23. The lowest BCUT2D eigenvalue weighted by molar-refractivity contribution is -0.112. The van der Waals surface area contributed by atoms with Gasteiger partial charge in [-0.25, -0.2) is 0 Å². The molecule has 0 saturated carbocycles. The molecule has 0 unspecified atom stereocenters. The van der Waals surface area contributed by atoms with Gasteiger partial charge in [-0.2, -0.15) is 0 Å². The molecule has 25 heavy (non-hydrogen) atoms. The van der Waals surface area contributed by atoms with E-state index in [9.17, 15) is 9.59 Å². The quantitative estimate of drug-likeness (QED) is 0.441. The van der Waals surface area contributed by atoms with Crippen molar-refractivity contribution in [2.45, 2.75) is 38.3 Å². The molecule has 0 aliphatic carbocycles. The number of thiol groups is 1. The van der Waals surface area contributed by atoms with Crippen molar-refractivity contribution in [1.82, 2.24) is 9.80 Å². The van der Waals surface area contributed by atoms with Gasteiger partial charge in [0.1, 0.15) is 0 Å². The van der Waals surface area contributed by atoms with E-state index in [0.29, 0.717) is 24.2 Å². The predicted octanol–water partition coefficient (Wildman–Crippen LogP) is 2.59. The minimum atomic E-state index is -0.0386. The molecular formula is C20H26N2O2S. The van der Waals surface area contributed by atoms with Crippen molar-refractivity contribution in [3.63, 3.8) is 0 Å². The average Bonchev–Trinajstić information content (AvgIpc) is 3.13. The Morgan fingerprint density at radius 2 is 1.96 bits per heavy atom. The summed E-state index contributed by atoms with van der Waals surface area (Å²) >= 11 is 3.90. The van der Waals surface area contributed by atoms with Crippen LogP contribution in [0.25, 0.3) is 0 Å². The molecule has 0 N–H and O–H groups in total. The van der Waals surface area contributed by atoms with Crippen molar-refractivity contribution in [3.8, 4) is 0 Å². The van der Waals surface area contributed by atoms with Gasteiger partial charge in [-0.1, -0.05) is 24.8 Å². The lowest BCUT2D eigenvalue weighted by atomic mass is 10.0. The highest BCUT2D eigenvalue weighted by molar-refractivity contribution is 7.96. The van der Waals surface area contributed by atoms with E-state index in [1.165, 1.54) is 12.0 Å². The molecule has 2 heterocycles. The highest BCUT2D eigenvalue weighted by Gasteiger charge is 2.42. The van der Waals surface area contributed by atoms with Crippen molar-refractivity contribution in [3.05, 3.63) is 47.5 Å². The molecule has 2 fully saturated rings. The molecular weight excluding hydrogens is 332 g/mol. The Balaban J connectivity index is 1.47. The monoisotopic (exact) mass is 358 g/mol. The van der Waals surface area contributed by atoms with Crippen LogP contribution in [0.2, 0.25) is 0 Å². The van der Waals surface area contributed by atoms with Crippen LogP contribution in [0.5, 0.6) is 0 Å². The van der Waals surface area contributed by atoms with Gasteiger partial charge in [-0.15, -0.1) is 12.6 Å². The summed E-state index contributed by atoms with van der Waals surface area (Å²) in [4.78, 5) is 28.0. The normalized spacial score (nSPS) is 23.1. The number of nitrogens with zero attached hydrogens (tertiary/aromatic N) is 2. The van der Waals surface area contributed by atoms with Crippen LogP contribution >= 0.6 is 12.6 Å². The number of carbonyl (C=O) groups is 2. The van der Waals surface area contributed by atoms with Crippen molar-refractivity contribution in [1.29, 1.82) is 0 Å². The van der Waals surface area contributed by atoms with Crippen molar-refractivity contribution >= 4 is 23.5 Å². The molecule has 0 amide bonds. The van der Waals surface area contributed by atoms with Crippen LogP contribution in [0.4, 0.5) is 0 Å². The van der Waals surface area contributed by atoms with Gasteiger partial charge in [0.2, 0.25) is 0 Å². The molecule has 2 saturated heterocycles. The number of carbonyl (C=O) groups excluding carboxylic acids is 2. The zero-order valence-corrected chi connectivity index (χ0v) is 15.7. The Labute approximate surface area is 155 Å². The SMILES string of the molecule is C=C(C)C(=O)c1cccc(CCCN2C[C@@H]3C[C@H]2CN3CC(=O)S)c1. The summed E-state index contributed by atoms with van der Waals surface area (Å²) in [5.74, 6) is 0.0255. The second-order valence-electron chi connectivity index (χ2n) is 7.27. The summed E-state index contributed by atoms with van der Waals surface area (Å²) in [6.45, 7) is 9.07. The Morgan fingerprint density at radius 1 is 1.24 bits per heavy atom. The van der Waals surface area contributed by atoms with Crippen LogP contribution < -0.4 is 0 Å². The third-order valence-corrected chi connectivity index (χ3v) is 5.43. The first-order valence-corrected chi connectivity index (χ1v) is 9.38. The number of rotatable bonds is 8. The summed E-state index contributed by atoms with van der Waals surface area (Å²) in [5.41, 5.74) is 2.52. The van der Waals surface area contributed by atoms with E-state index >= 15 is 0 Å². The van der Waals surface area contributed by atoms with Crippen molar-refractivity contribution in [2.24, 2.45) is 0 Å². The zero-order chi connectivity index (χ0) is 18.0. The van der Waals surface area contributed by atoms with Gasteiger partial charge in [-0.3, -0.25) is 19.4 Å². The van der Waals surface area contributed by atoms with E-state index in [1.807, 2.05) is 18.2 Å². The van der Waals surface area contributed by atoms with Gasteiger partial charge in [0.15, 0.2) is 10.9 Å². The highest BCUT2D eigenvalue weighted by Crippen LogP contribution is 2.30. The van der Waals surface area contributed by atoms with Gasteiger partial charge in [-0.05, 0) is 49.9 Å². The van der Waals surface area contributed by atoms with E-state index in [-0.39, 0.29) is 10.9 Å². The minimum Gasteiger partial charge on any atom is -0.297 e. The zero-order valence-electron chi connectivity index (χ0n) is 14.8. The molecule has 2 atom stereocenters. The van der Waals surface area contributed by atoms with Crippen LogP contribution in [0, 0.1) is 0 Å². The number of allylic oxidation sites excluding steroid dienone is 1. The van der Waals surface area contributed by atoms with Crippen molar-refractivity contribution in [2.75, 3.05) is 26.2 Å². The molecule has 2 aliphatic rings. The standard InChI is InChI=1S/C20H26N2O2S/c1-14(2)20(24)16-7-3-5-15(9-16)6-4-8-21-11-18-10-17(21)12-22(18)13-19(23)25/h3,5,7,9,17-18H,1,4,6,8,10-13H2,2H3,(H,23,25)/t17-,18-/m0/s1. The smallest absolute Gasteiger partial charge is 0.199 e. The highest BCUT2D eigenvalue weighted by atomic mass is 32.1. The van der Waals surface area contributed by atoms with Crippen LogP contribution in [0.3, 0.4) is 0 Å². The topological polar surface area (TPSA) is 40.6 Å². The number of hydrogen-bond donors (Lipinski definition) is 1. The maximum absolute atomic E-state index is 12.0. The predicted molar refractivity (Wildman–Crippen MR) is 103 cm³/mol. The van der Waals surface area contributed by atoms with E-state index in [4.69, 9.17) is 0 Å². The summed E-state index contributed by atoms with van der Waals surface area (Å²) in [7, 11) is 0. The molecule has 0 spiro atoms.